The Bertz CT molecular complexity index is 1700. The fourth-order valence-electron chi connectivity index (χ4n) is 5.47. The largest absolute Gasteiger partial charge is 0.340 e. The van der Waals surface area contributed by atoms with Crippen molar-refractivity contribution in [2.24, 2.45) is 0 Å². The van der Waals surface area contributed by atoms with E-state index in [9.17, 15) is 0 Å². The Balaban J connectivity index is 1.40. The molecule has 0 radical (unpaired) electrons. The van der Waals surface area contributed by atoms with Crippen LogP contribution in [0.2, 0.25) is 0 Å². The second kappa shape index (κ2) is 9.07. The lowest BCUT2D eigenvalue weighted by Crippen LogP contribution is -1.97. The standard InChI is InChI=1S/C34H31N/c1-3-4-5-10-19-35-33-14-9-8-13-31(33)32-23-26(17-18-34(32)35)24(2)25-15-16-29-21-27-11-6-7-12-28(27)22-30(29)20-25/h6-9,11-18,20-23H,2-5,10,19H2,1H3. The van der Waals surface area contributed by atoms with Gasteiger partial charge >= 0.3 is 0 Å². The Kier molecular flexibility index (Phi) is 5.62. The molecule has 0 aliphatic heterocycles. The number of rotatable bonds is 7. The van der Waals surface area contributed by atoms with Gasteiger partial charge in [0.25, 0.3) is 0 Å². The molecule has 0 aliphatic rings. The minimum atomic E-state index is 1.07. The maximum absolute atomic E-state index is 4.52. The first-order valence-corrected chi connectivity index (χ1v) is 12.9. The number of para-hydroxylation sites is 1. The summed E-state index contributed by atoms with van der Waals surface area (Å²) in [5, 5.41) is 7.73. The van der Waals surface area contributed by atoms with Crippen LogP contribution in [0.5, 0.6) is 0 Å². The zero-order valence-corrected chi connectivity index (χ0v) is 20.4. The zero-order chi connectivity index (χ0) is 23.8. The lowest BCUT2D eigenvalue weighted by Gasteiger charge is -2.11. The van der Waals surface area contributed by atoms with Gasteiger partial charge < -0.3 is 4.57 Å². The molecular weight excluding hydrogens is 422 g/mol. The summed E-state index contributed by atoms with van der Waals surface area (Å²) < 4.78 is 2.51. The molecule has 0 aliphatic carbocycles. The highest BCUT2D eigenvalue weighted by atomic mass is 15.0. The van der Waals surface area contributed by atoms with Crippen molar-refractivity contribution in [3.05, 3.63) is 115 Å². The van der Waals surface area contributed by atoms with Crippen molar-refractivity contribution in [2.75, 3.05) is 0 Å². The van der Waals surface area contributed by atoms with E-state index in [0.717, 1.165) is 12.1 Å². The van der Waals surface area contributed by atoms with E-state index in [0.29, 0.717) is 0 Å². The van der Waals surface area contributed by atoms with Crippen LogP contribution in [-0.2, 0) is 6.54 Å². The Morgan fingerprint density at radius 2 is 1.26 bits per heavy atom. The number of benzene rings is 5. The lowest BCUT2D eigenvalue weighted by molar-refractivity contribution is 0.602. The molecule has 1 heterocycles. The van der Waals surface area contributed by atoms with Crippen molar-refractivity contribution in [3.8, 4) is 0 Å². The number of nitrogens with zero attached hydrogens (tertiary/aromatic N) is 1. The summed E-state index contributed by atoms with van der Waals surface area (Å²) in [5.74, 6) is 0. The minimum absolute atomic E-state index is 1.07. The molecule has 0 spiro atoms. The highest BCUT2D eigenvalue weighted by Gasteiger charge is 2.12. The third-order valence-corrected chi connectivity index (χ3v) is 7.41. The van der Waals surface area contributed by atoms with E-state index >= 15 is 0 Å². The van der Waals surface area contributed by atoms with E-state index in [-0.39, 0.29) is 0 Å². The molecule has 6 aromatic rings. The monoisotopic (exact) mass is 453 g/mol. The summed E-state index contributed by atoms with van der Waals surface area (Å²) >= 11 is 0. The number of fused-ring (bicyclic) bond motifs is 5. The first-order chi connectivity index (χ1) is 17.2. The van der Waals surface area contributed by atoms with Gasteiger partial charge in [0.05, 0.1) is 0 Å². The van der Waals surface area contributed by atoms with E-state index in [4.69, 9.17) is 0 Å². The van der Waals surface area contributed by atoms with Crippen LogP contribution in [0, 0.1) is 0 Å². The smallest absolute Gasteiger partial charge is 0.0491 e. The van der Waals surface area contributed by atoms with Gasteiger partial charge in [-0.3, -0.25) is 0 Å². The van der Waals surface area contributed by atoms with Crippen molar-refractivity contribution in [2.45, 2.75) is 39.2 Å². The number of hydrogen-bond acceptors (Lipinski definition) is 0. The highest BCUT2D eigenvalue weighted by molar-refractivity contribution is 6.09. The van der Waals surface area contributed by atoms with Crippen molar-refractivity contribution in [1.29, 1.82) is 0 Å². The molecule has 0 atom stereocenters. The Hall–Kier alpha value is -3.84. The first-order valence-electron chi connectivity index (χ1n) is 12.9. The average molecular weight is 454 g/mol. The van der Waals surface area contributed by atoms with Crippen LogP contribution in [0.3, 0.4) is 0 Å². The summed E-state index contributed by atoms with van der Waals surface area (Å²) in [6.45, 7) is 7.86. The summed E-state index contributed by atoms with van der Waals surface area (Å²) in [5.41, 5.74) is 6.09. The number of aryl methyl sites for hydroxylation is 1. The van der Waals surface area contributed by atoms with Gasteiger partial charge in [-0.05, 0) is 81.1 Å². The van der Waals surface area contributed by atoms with Crippen LogP contribution in [0.25, 0.3) is 48.9 Å². The number of hydrogen-bond donors (Lipinski definition) is 0. The molecule has 0 unspecified atom stereocenters. The van der Waals surface area contributed by atoms with Crippen molar-refractivity contribution in [1.82, 2.24) is 4.57 Å². The lowest BCUT2D eigenvalue weighted by atomic mass is 9.95. The molecule has 0 amide bonds. The second-order valence-electron chi connectivity index (χ2n) is 9.70. The molecule has 172 valence electrons. The average Bonchev–Trinajstić information content (AvgIpc) is 3.22. The molecule has 6 rings (SSSR count). The SMILES string of the molecule is C=C(c1ccc2cc3ccccc3cc2c1)c1ccc2c(c1)c1ccccc1n2CCCCCC. The van der Waals surface area contributed by atoms with E-state index in [2.05, 4.69) is 115 Å². The van der Waals surface area contributed by atoms with Gasteiger partial charge in [0.2, 0.25) is 0 Å². The Labute approximate surface area is 207 Å². The highest BCUT2D eigenvalue weighted by Crippen LogP contribution is 2.34. The number of aromatic nitrogens is 1. The van der Waals surface area contributed by atoms with Crippen molar-refractivity contribution >= 4 is 48.9 Å². The first kappa shape index (κ1) is 21.7. The molecule has 5 aromatic carbocycles. The van der Waals surface area contributed by atoms with Crippen LogP contribution >= 0.6 is 0 Å². The molecule has 0 saturated heterocycles. The maximum atomic E-state index is 4.52. The van der Waals surface area contributed by atoms with Crippen LogP contribution < -0.4 is 0 Å². The molecule has 0 N–H and O–H groups in total. The summed E-state index contributed by atoms with van der Waals surface area (Å²) in [4.78, 5) is 0. The predicted molar refractivity (Wildman–Crippen MR) is 153 cm³/mol. The Morgan fingerprint density at radius 1 is 0.600 bits per heavy atom. The minimum Gasteiger partial charge on any atom is -0.340 e. The topological polar surface area (TPSA) is 4.93 Å². The van der Waals surface area contributed by atoms with Gasteiger partial charge in [0.15, 0.2) is 0 Å². The molecular formula is C34H31N. The molecule has 0 bridgehead atoms. The van der Waals surface area contributed by atoms with E-state index in [1.807, 2.05) is 0 Å². The third kappa shape index (κ3) is 3.91. The van der Waals surface area contributed by atoms with Gasteiger partial charge in [-0.1, -0.05) is 93.4 Å². The fourth-order valence-corrected chi connectivity index (χ4v) is 5.47. The van der Waals surface area contributed by atoms with Crippen LogP contribution in [0.15, 0.2) is 104 Å². The molecule has 0 fully saturated rings. The fraction of sp³-hybridized carbons (Fsp3) is 0.176. The molecule has 1 nitrogen and oxygen atoms in total. The normalized spacial score (nSPS) is 11.7. The van der Waals surface area contributed by atoms with Gasteiger partial charge in [0, 0.05) is 28.4 Å². The zero-order valence-electron chi connectivity index (χ0n) is 20.4. The van der Waals surface area contributed by atoms with Crippen molar-refractivity contribution in [3.63, 3.8) is 0 Å². The van der Waals surface area contributed by atoms with E-state index < -0.39 is 0 Å². The molecule has 1 heteroatoms. The van der Waals surface area contributed by atoms with Gasteiger partial charge in [-0.25, -0.2) is 0 Å². The summed E-state index contributed by atoms with van der Waals surface area (Å²) in [6.07, 6.45) is 5.09. The van der Waals surface area contributed by atoms with Crippen LogP contribution in [-0.4, -0.2) is 4.57 Å². The van der Waals surface area contributed by atoms with Gasteiger partial charge in [0.1, 0.15) is 0 Å². The second-order valence-corrected chi connectivity index (χ2v) is 9.70. The van der Waals surface area contributed by atoms with E-state index in [1.54, 1.807) is 0 Å². The molecule has 1 aromatic heterocycles. The van der Waals surface area contributed by atoms with Gasteiger partial charge in [-0.2, -0.15) is 0 Å². The van der Waals surface area contributed by atoms with Crippen molar-refractivity contribution < 1.29 is 0 Å². The summed E-state index contributed by atoms with van der Waals surface area (Å²) in [6, 6.07) is 35.6. The maximum Gasteiger partial charge on any atom is 0.0491 e. The number of unbranched alkanes of at least 4 members (excludes halogenated alkanes) is 3. The molecule has 35 heavy (non-hydrogen) atoms. The van der Waals surface area contributed by atoms with Crippen LogP contribution in [0.1, 0.15) is 43.7 Å². The van der Waals surface area contributed by atoms with Crippen LogP contribution in [0.4, 0.5) is 0 Å². The summed E-state index contributed by atoms with van der Waals surface area (Å²) in [7, 11) is 0. The third-order valence-electron chi connectivity index (χ3n) is 7.41. The van der Waals surface area contributed by atoms with Gasteiger partial charge in [-0.15, -0.1) is 0 Å². The van der Waals surface area contributed by atoms with E-state index in [1.165, 1.54) is 80.2 Å². The molecule has 0 saturated carbocycles. The Morgan fingerprint density at radius 3 is 2.09 bits per heavy atom. The quantitative estimate of drug-likeness (QED) is 0.167. The predicted octanol–water partition coefficient (Wildman–Crippen LogP) is 9.74.